The SMILES string of the molecule is Sc1ccc2cc(-c3nc(-c4ccccc4)nc(-c4ccccc4)n3)ccc2c1N=Cc1ccccc1. The molecule has 176 valence electrons. The third-order valence-corrected chi connectivity index (χ3v) is 6.43. The number of aromatic nitrogens is 3. The van der Waals surface area contributed by atoms with Gasteiger partial charge in [0.05, 0.1) is 5.69 Å². The van der Waals surface area contributed by atoms with E-state index >= 15 is 0 Å². The minimum absolute atomic E-state index is 0.624. The van der Waals surface area contributed by atoms with Gasteiger partial charge in [-0.05, 0) is 23.1 Å². The summed E-state index contributed by atoms with van der Waals surface area (Å²) in [5.74, 6) is 1.91. The van der Waals surface area contributed by atoms with E-state index in [-0.39, 0.29) is 0 Å². The molecule has 0 radical (unpaired) electrons. The molecule has 0 spiro atoms. The molecule has 0 atom stereocenters. The Bertz CT molecular complexity index is 1660. The number of hydrogen-bond donors (Lipinski definition) is 1. The minimum atomic E-state index is 0.624. The lowest BCUT2D eigenvalue weighted by Gasteiger charge is -2.10. The van der Waals surface area contributed by atoms with Gasteiger partial charge in [-0.3, -0.25) is 4.99 Å². The van der Waals surface area contributed by atoms with Gasteiger partial charge < -0.3 is 0 Å². The molecule has 0 unspecified atom stereocenters. The van der Waals surface area contributed by atoms with Gasteiger partial charge in [-0.1, -0.05) is 109 Å². The van der Waals surface area contributed by atoms with Gasteiger partial charge >= 0.3 is 0 Å². The molecular weight excluding hydrogens is 472 g/mol. The summed E-state index contributed by atoms with van der Waals surface area (Å²) < 4.78 is 0. The van der Waals surface area contributed by atoms with Gasteiger partial charge in [-0.25, -0.2) is 15.0 Å². The van der Waals surface area contributed by atoms with Crippen LogP contribution in [0.1, 0.15) is 5.56 Å². The molecule has 0 amide bonds. The van der Waals surface area contributed by atoms with Crippen LogP contribution < -0.4 is 0 Å². The largest absolute Gasteiger partial charge is 0.254 e. The summed E-state index contributed by atoms with van der Waals surface area (Å²) in [5.41, 5.74) is 4.68. The highest BCUT2D eigenvalue weighted by molar-refractivity contribution is 7.80. The molecule has 0 aliphatic carbocycles. The average Bonchev–Trinajstić information content (AvgIpc) is 2.97. The number of benzene rings is 5. The Hall–Kier alpha value is -4.61. The first kappa shape index (κ1) is 22.8. The molecule has 0 saturated heterocycles. The third kappa shape index (κ3) is 4.90. The maximum absolute atomic E-state index is 4.86. The number of rotatable bonds is 5. The normalized spacial score (nSPS) is 11.3. The predicted octanol–water partition coefficient (Wildman–Crippen LogP) is 8.07. The summed E-state index contributed by atoms with van der Waals surface area (Å²) in [4.78, 5) is 20.1. The molecule has 1 heterocycles. The van der Waals surface area contributed by atoms with Crippen LogP contribution in [0.15, 0.2) is 131 Å². The zero-order valence-electron chi connectivity index (χ0n) is 19.9. The van der Waals surface area contributed by atoms with E-state index in [9.17, 15) is 0 Å². The summed E-state index contributed by atoms with van der Waals surface area (Å²) in [6.07, 6.45) is 1.87. The van der Waals surface area contributed by atoms with Crippen LogP contribution in [0.25, 0.3) is 44.9 Å². The molecule has 6 rings (SSSR count). The second-order valence-electron chi connectivity index (χ2n) is 8.58. The van der Waals surface area contributed by atoms with Gasteiger partial charge in [0.1, 0.15) is 0 Å². The van der Waals surface area contributed by atoms with Crippen LogP contribution in [-0.2, 0) is 0 Å². The van der Waals surface area contributed by atoms with Crippen LogP contribution in [-0.4, -0.2) is 21.2 Å². The number of nitrogens with zero attached hydrogens (tertiary/aromatic N) is 4. The Balaban J connectivity index is 1.47. The van der Waals surface area contributed by atoms with Crippen LogP contribution in [0.2, 0.25) is 0 Å². The average molecular weight is 495 g/mol. The van der Waals surface area contributed by atoms with E-state index in [2.05, 4.69) is 30.8 Å². The van der Waals surface area contributed by atoms with E-state index < -0.39 is 0 Å². The van der Waals surface area contributed by atoms with Crippen molar-refractivity contribution in [3.05, 3.63) is 127 Å². The highest BCUT2D eigenvalue weighted by Gasteiger charge is 2.13. The van der Waals surface area contributed by atoms with Crippen molar-refractivity contribution >= 4 is 35.3 Å². The van der Waals surface area contributed by atoms with Crippen molar-refractivity contribution in [2.24, 2.45) is 4.99 Å². The topological polar surface area (TPSA) is 51.0 Å². The molecule has 4 nitrogen and oxygen atoms in total. The molecule has 1 aromatic heterocycles. The van der Waals surface area contributed by atoms with Gasteiger partial charge in [0.2, 0.25) is 0 Å². The third-order valence-electron chi connectivity index (χ3n) is 6.07. The van der Waals surface area contributed by atoms with E-state index in [4.69, 9.17) is 19.9 Å². The highest BCUT2D eigenvalue weighted by Crippen LogP contribution is 2.35. The van der Waals surface area contributed by atoms with Crippen molar-refractivity contribution in [3.63, 3.8) is 0 Å². The lowest BCUT2D eigenvalue weighted by atomic mass is 10.0. The first-order valence-corrected chi connectivity index (χ1v) is 12.4. The second-order valence-corrected chi connectivity index (χ2v) is 9.06. The number of aliphatic imine (C=N–C) groups is 1. The maximum Gasteiger partial charge on any atom is 0.164 e. The first-order chi connectivity index (χ1) is 18.2. The minimum Gasteiger partial charge on any atom is -0.254 e. The molecule has 0 fully saturated rings. The molecule has 0 N–H and O–H groups in total. The van der Waals surface area contributed by atoms with Crippen molar-refractivity contribution in [2.45, 2.75) is 4.90 Å². The quantitative estimate of drug-likeness (QED) is 0.195. The van der Waals surface area contributed by atoms with Gasteiger partial charge in [0.15, 0.2) is 17.5 Å². The zero-order valence-corrected chi connectivity index (χ0v) is 20.8. The van der Waals surface area contributed by atoms with E-state index in [1.807, 2.05) is 109 Å². The molecular formula is C32H22N4S. The van der Waals surface area contributed by atoms with E-state index in [0.29, 0.717) is 17.5 Å². The fourth-order valence-corrected chi connectivity index (χ4v) is 4.45. The molecule has 5 heteroatoms. The van der Waals surface area contributed by atoms with Crippen molar-refractivity contribution in [1.82, 2.24) is 15.0 Å². The molecule has 0 aliphatic rings. The number of hydrogen-bond acceptors (Lipinski definition) is 5. The summed E-state index contributed by atoms with van der Waals surface area (Å²) >= 11 is 4.68. The standard InChI is InChI=1S/C32H22N4S/c37-28-19-17-25-20-26(16-18-27(25)29(28)33-21-22-10-4-1-5-11-22)32-35-30(23-12-6-2-7-13-23)34-31(36-32)24-14-8-3-9-15-24/h1-21,37H. The van der Waals surface area contributed by atoms with Crippen molar-refractivity contribution in [1.29, 1.82) is 0 Å². The Labute approximate surface area is 220 Å². The first-order valence-electron chi connectivity index (χ1n) is 12.0. The monoisotopic (exact) mass is 494 g/mol. The molecule has 0 bridgehead atoms. The van der Waals surface area contributed by atoms with Crippen LogP contribution in [0.5, 0.6) is 0 Å². The van der Waals surface area contributed by atoms with E-state index in [1.54, 1.807) is 0 Å². The highest BCUT2D eigenvalue weighted by atomic mass is 32.1. The Kier molecular flexibility index (Phi) is 6.28. The molecule has 37 heavy (non-hydrogen) atoms. The number of fused-ring (bicyclic) bond motifs is 1. The summed E-state index contributed by atoms with van der Waals surface area (Å²) in [6.45, 7) is 0. The van der Waals surface area contributed by atoms with E-state index in [0.717, 1.165) is 43.6 Å². The Morgan fingerprint density at radius 2 is 1.08 bits per heavy atom. The summed E-state index contributed by atoms with van der Waals surface area (Å²) in [6, 6.07) is 40.3. The zero-order chi connectivity index (χ0) is 25.0. The summed E-state index contributed by atoms with van der Waals surface area (Å²) in [7, 11) is 0. The molecule has 5 aromatic carbocycles. The van der Waals surface area contributed by atoms with Gasteiger partial charge in [-0.2, -0.15) is 0 Å². The van der Waals surface area contributed by atoms with Crippen LogP contribution in [0.4, 0.5) is 5.69 Å². The number of thiol groups is 1. The van der Waals surface area contributed by atoms with Gasteiger partial charge in [0, 0.05) is 33.2 Å². The predicted molar refractivity (Wildman–Crippen MR) is 155 cm³/mol. The van der Waals surface area contributed by atoms with Crippen LogP contribution >= 0.6 is 12.6 Å². The molecule has 0 saturated carbocycles. The second kappa shape index (κ2) is 10.2. The van der Waals surface area contributed by atoms with Gasteiger partial charge in [-0.15, -0.1) is 12.6 Å². The summed E-state index contributed by atoms with van der Waals surface area (Å²) in [5, 5.41) is 2.06. The van der Waals surface area contributed by atoms with Gasteiger partial charge in [0.25, 0.3) is 0 Å². The molecule has 0 aliphatic heterocycles. The lowest BCUT2D eigenvalue weighted by Crippen LogP contribution is -2.00. The Morgan fingerprint density at radius 3 is 1.68 bits per heavy atom. The molecule has 6 aromatic rings. The van der Waals surface area contributed by atoms with Crippen molar-refractivity contribution < 1.29 is 0 Å². The smallest absolute Gasteiger partial charge is 0.164 e. The van der Waals surface area contributed by atoms with Crippen molar-refractivity contribution in [2.75, 3.05) is 0 Å². The lowest BCUT2D eigenvalue weighted by molar-refractivity contribution is 1.07. The Morgan fingerprint density at radius 1 is 0.541 bits per heavy atom. The van der Waals surface area contributed by atoms with Crippen molar-refractivity contribution in [3.8, 4) is 34.2 Å². The maximum atomic E-state index is 4.86. The van der Waals surface area contributed by atoms with Crippen LogP contribution in [0, 0.1) is 0 Å². The fraction of sp³-hybridized carbons (Fsp3) is 0. The van der Waals surface area contributed by atoms with E-state index in [1.165, 1.54) is 0 Å². The fourth-order valence-electron chi connectivity index (χ4n) is 4.19. The van der Waals surface area contributed by atoms with Crippen LogP contribution in [0.3, 0.4) is 0 Å².